The number of unbranched alkanes of at least 4 members (excludes halogenated alkanes) is 11. The lowest BCUT2D eigenvalue weighted by atomic mass is 10.0. The predicted octanol–water partition coefficient (Wildman–Crippen LogP) is 5.28. The molecule has 0 atom stereocenters. The van der Waals surface area contributed by atoms with Crippen LogP contribution in [0.2, 0.25) is 0 Å². The number of hydrogen-bond donors (Lipinski definition) is 0. The van der Waals surface area contributed by atoms with Gasteiger partial charge in [-0.15, -0.1) is 23.2 Å². The van der Waals surface area contributed by atoms with Gasteiger partial charge in [0.1, 0.15) is 0 Å². The molecule has 23 heavy (non-hydrogen) atoms. The quantitative estimate of drug-likeness (QED) is 0.119. The number of esters is 1. The van der Waals surface area contributed by atoms with Crippen LogP contribution in [-0.2, 0) is 9.53 Å². The molecule has 0 heterocycles. The van der Waals surface area contributed by atoms with E-state index in [9.17, 15) is 4.79 Å². The zero-order chi connectivity index (χ0) is 17.4. The van der Waals surface area contributed by atoms with Crippen LogP contribution in [0.4, 0.5) is 0 Å². The molecule has 0 aliphatic heterocycles. The summed E-state index contributed by atoms with van der Waals surface area (Å²) in [5, 5.41) is 0. The summed E-state index contributed by atoms with van der Waals surface area (Å²) >= 11 is 12.0. The van der Waals surface area contributed by atoms with Crippen molar-refractivity contribution < 1.29 is 9.53 Å². The monoisotopic (exact) mass is 380 g/mol. The van der Waals surface area contributed by atoms with Crippen LogP contribution in [0.25, 0.3) is 0 Å². The molecule has 0 aliphatic carbocycles. The number of alkyl halides is 2. The van der Waals surface area contributed by atoms with Crippen molar-refractivity contribution in [2.45, 2.75) is 87.4 Å². The van der Waals surface area contributed by atoms with Crippen LogP contribution >= 0.6 is 23.2 Å². The number of carbonyl (C=O) groups is 1. The van der Waals surface area contributed by atoms with E-state index >= 15 is 0 Å². The molecule has 0 radical (unpaired) electrons. The number of halogens is 2. The van der Waals surface area contributed by atoms with Gasteiger partial charge in [-0.05, 0) is 12.8 Å². The predicted molar refractivity (Wildman–Crippen MR) is 106 cm³/mol. The Kier molecular flexibility index (Phi) is 15.5. The summed E-state index contributed by atoms with van der Waals surface area (Å²) < 4.78 is 4.53. The highest BCUT2D eigenvalue weighted by Gasteiger charge is 2.14. The van der Waals surface area contributed by atoms with Crippen LogP contribution in [0.1, 0.15) is 83.5 Å². The van der Waals surface area contributed by atoms with Crippen LogP contribution in [-0.4, -0.2) is 26.8 Å². The first-order valence-electron chi connectivity index (χ1n) is 9.13. The second-order valence-electron chi connectivity index (χ2n) is 6.43. The van der Waals surface area contributed by atoms with Gasteiger partial charge in [0.2, 0.25) is 0 Å². The van der Waals surface area contributed by atoms with E-state index in [0.29, 0.717) is 6.61 Å². The molecule has 0 N–H and O–H groups in total. The Hall–Kier alpha value is 0.00688. The smallest absolute Gasteiger partial charge is 0.330 e. The number of hydrogen-bond acceptors (Lipinski definition) is 2. The van der Waals surface area contributed by atoms with E-state index < -0.39 is 3.96 Å². The lowest BCUT2D eigenvalue weighted by Gasteiger charge is -2.12. The first-order chi connectivity index (χ1) is 11.0. The van der Waals surface area contributed by atoms with Gasteiger partial charge in [-0.25, -0.2) is 4.79 Å². The normalized spacial score (nSPS) is 11.6. The minimum Gasteiger partial charge on any atom is -0.463 e. The molecule has 0 bridgehead atoms. The molecule has 0 unspecified atom stereocenters. The average Bonchev–Trinajstić information content (AvgIpc) is 2.49. The van der Waals surface area contributed by atoms with Crippen molar-refractivity contribution in [3.05, 3.63) is 12.7 Å². The molecule has 0 amide bonds. The molecule has 0 rings (SSSR count). The van der Waals surface area contributed by atoms with Gasteiger partial charge < -0.3 is 4.74 Å². The van der Waals surface area contributed by atoms with Crippen LogP contribution < -0.4 is 0 Å². The highest BCUT2D eigenvalue weighted by Crippen LogP contribution is 2.24. The molecule has 0 fully saturated rings. The fraction of sp³-hybridized carbons (Fsp3) is 0.833. The van der Waals surface area contributed by atoms with Gasteiger partial charge in [0, 0.05) is 16.3 Å². The second-order valence-corrected chi connectivity index (χ2v) is 11.3. The third kappa shape index (κ3) is 20.0. The van der Waals surface area contributed by atoms with Crippen molar-refractivity contribution in [3.63, 3.8) is 0 Å². The van der Waals surface area contributed by atoms with Gasteiger partial charge in [-0.2, -0.15) is 0 Å². The summed E-state index contributed by atoms with van der Waals surface area (Å²) in [4.78, 5) is 10.8. The van der Waals surface area contributed by atoms with Crippen molar-refractivity contribution in [1.82, 2.24) is 0 Å². The second kappa shape index (κ2) is 15.5. The molecule has 136 valence electrons. The molecular weight excluding hydrogens is 347 g/mol. The van der Waals surface area contributed by atoms with Gasteiger partial charge in [-0.3, -0.25) is 0 Å². The molecule has 0 spiro atoms. The van der Waals surface area contributed by atoms with E-state index in [0.717, 1.165) is 29.5 Å². The maximum absolute atomic E-state index is 10.8. The molecule has 0 saturated heterocycles. The number of ether oxygens (including phenoxy) is 1. The lowest BCUT2D eigenvalue weighted by Crippen LogP contribution is -2.11. The average molecular weight is 381 g/mol. The third-order valence-electron chi connectivity index (χ3n) is 3.92. The van der Waals surface area contributed by atoms with Gasteiger partial charge in [0.05, 0.1) is 10.6 Å². The van der Waals surface area contributed by atoms with Gasteiger partial charge >= 0.3 is 5.97 Å². The minimum absolute atomic E-state index is 0.314. The largest absolute Gasteiger partial charge is 0.463 e. The zero-order valence-corrected chi connectivity index (χ0v) is 18.3. The summed E-state index contributed by atoms with van der Waals surface area (Å²) in [5.74, 6) is -0.314. The van der Waals surface area contributed by atoms with Crippen LogP contribution in [0.5, 0.6) is 0 Å². The summed E-state index contributed by atoms with van der Waals surface area (Å²) in [5.41, 5.74) is 0. The number of rotatable bonds is 16. The van der Waals surface area contributed by atoms with Crippen molar-refractivity contribution in [3.8, 4) is 0 Å². The van der Waals surface area contributed by atoms with Gasteiger partial charge in [0.15, 0.2) is 0 Å². The highest BCUT2D eigenvalue weighted by atomic mass is 35.5. The molecule has 0 aromatic carbocycles. The Labute approximate surface area is 155 Å². The maximum Gasteiger partial charge on any atom is 0.330 e. The summed E-state index contributed by atoms with van der Waals surface area (Å²) in [6.07, 6.45) is 17.3. The molecule has 0 aromatic rings. The van der Waals surface area contributed by atoms with Gasteiger partial charge in [0.25, 0.3) is 0 Å². The van der Waals surface area contributed by atoms with Crippen LogP contribution in [0, 0.1) is 0 Å². The van der Waals surface area contributed by atoms with Crippen LogP contribution in [0.3, 0.4) is 0 Å². The number of carbonyl (C=O) groups excluding carboxylic acids is 1. The summed E-state index contributed by atoms with van der Waals surface area (Å²) in [6.45, 7) is 3.90. The van der Waals surface area contributed by atoms with Crippen molar-refractivity contribution in [1.29, 1.82) is 0 Å². The molecule has 0 aliphatic rings. The Bertz CT molecular complexity index is 304. The summed E-state index contributed by atoms with van der Waals surface area (Å²) in [6, 6.07) is 0. The van der Waals surface area contributed by atoms with E-state index in [1.54, 1.807) is 0 Å². The molecule has 2 nitrogen and oxygen atoms in total. The standard InChI is InChI=1S/C18H34Cl2O2Si/c1-2-17(21)22-16-14-12-10-8-6-4-3-5-7-9-11-13-15-18(19,20)23/h2H,1,3-16H2,23H3. The highest BCUT2D eigenvalue weighted by molar-refractivity contribution is 6.65. The SMILES string of the molecule is C=CC(=O)OCCCCCCCCCCCCCCC([SiH3])(Cl)Cl. The topological polar surface area (TPSA) is 26.3 Å². The van der Waals surface area contributed by atoms with Gasteiger partial charge in [-0.1, -0.05) is 77.2 Å². The molecular formula is C18H34Cl2O2Si. The van der Waals surface area contributed by atoms with Crippen LogP contribution in [0.15, 0.2) is 12.7 Å². The van der Waals surface area contributed by atoms with Crippen molar-refractivity contribution >= 4 is 39.4 Å². The fourth-order valence-electron chi connectivity index (χ4n) is 2.54. The fourth-order valence-corrected chi connectivity index (χ4v) is 3.16. The molecule has 0 aromatic heterocycles. The first kappa shape index (κ1) is 23.0. The maximum atomic E-state index is 10.8. The van der Waals surface area contributed by atoms with Crippen molar-refractivity contribution in [2.24, 2.45) is 0 Å². The zero-order valence-electron chi connectivity index (χ0n) is 14.8. The molecule has 0 saturated carbocycles. The lowest BCUT2D eigenvalue weighted by molar-refractivity contribution is -0.137. The van der Waals surface area contributed by atoms with E-state index in [4.69, 9.17) is 27.9 Å². The van der Waals surface area contributed by atoms with E-state index in [2.05, 4.69) is 6.58 Å². The van der Waals surface area contributed by atoms with E-state index in [1.807, 2.05) is 0 Å². The minimum atomic E-state index is -0.409. The third-order valence-corrected chi connectivity index (χ3v) is 4.80. The Morgan fingerprint density at radius 3 is 1.65 bits per heavy atom. The Morgan fingerprint density at radius 1 is 0.870 bits per heavy atom. The Balaban J connectivity index is 3.08. The van der Waals surface area contributed by atoms with E-state index in [-0.39, 0.29) is 5.97 Å². The Morgan fingerprint density at radius 2 is 1.26 bits per heavy atom. The molecule has 5 heteroatoms. The van der Waals surface area contributed by atoms with Crippen molar-refractivity contribution in [2.75, 3.05) is 6.61 Å². The van der Waals surface area contributed by atoms with E-state index in [1.165, 1.54) is 70.3 Å². The summed E-state index contributed by atoms with van der Waals surface area (Å²) in [7, 11) is 0.853. The first-order valence-corrected chi connectivity index (χ1v) is 10.9.